The van der Waals surface area contributed by atoms with Crippen LogP contribution in [0.5, 0.6) is 0 Å². The van der Waals surface area contributed by atoms with E-state index >= 15 is 0 Å². The molecule has 8 bridgehead atoms. The summed E-state index contributed by atoms with van der Waals surface area (Å²) in [5.41, 5.74) is 7.44. The van der Waals surface area contributed by atoms with E-state index in [2.05, 4.69) is 9.97 Å². The molecule has 12 heterocycles. The number of hydrogen-bond donors (Lipinski definition) is 4. The molecule has 418 valence electrons. The van der Waals surface area contributed by atoms with Crippen LogP contribution >= 0.6 is 0 Å². The highest BCUT2D eigenvalue weighted by Crippen LogP contribution is 2.51. The van der Waals surface area contributed by atoms with Gasteiger partial charge in [-0.15, -0.1) is 0 Å². The van der Waals surface area contributed by atoms with Crippen molar-refractivity contribution in [1.82, 2.24) is 19.9 Å². The van der Waals surface area contributed by atoms with Crippen molar-refractivity contribution < 1.29 is 76.5 Å². The van der Waals surface area contributed by atoms with Gasteiger partial charge in [0.2, 0.25) is 0 Å². The molecule has 0 amide bonds. The molecule has 20 heteroatoms. The van der Waals surface area contributed by atoms with Crippen LogP contribution in [-0.4, -0.2) is 146 Å². The lowest BCUT2D eigenvalue weighted by molar-refractivity contribution is -0.174. The average molecular weight is 1070 g/mol. The van der Waals surface area contributed by atoms with Crippen LogP contribution in [0.4, 0.5) is 0 Å². The molecule has 3 aromatic heterocycles. The molecule has 0 saturated carbocycles. The standard InChI is InChI=1S/C57H74N4O16/c1-51(2)64-24-36(67-51)44-48(75-55(9,10)71-44)40-29-17-15-27(58-29)39(47-43(35(63)23-62)70-54(7,8)74-47)28-16-18-30(59-28)41(49-45(72-56(11,12)76-49)37-25-65-52(3,4)68-37)32-20-22-34(61-32)42(33-21-19-31(40)60-33)50-46(73-57(13,14)77-50)38-26-66-53(5,6)69-38/h15-22,35-38,43-50,58-59,62-63H,23-26H2,1-14H3/t35-,36-,37-,38-,43-,44-,45-,46-,47-,48-,49-,50-/m1/s1. The number of aliphatic hydroxyl groups is 2. The van der Waals surface area contributed by atoms with Crippen LogP contribution in [0.1, 0.15) is 166 Å². The summed E-state index contributed by atoms with van der Waals surface area (Å²) in [6.45, 7) is 26.4. The fourth-order valence-electron chi connectivity index (χ4n) is 12.4. The lowest BCUT2D eigenvalue weighted by atomic mass is 9.97. The Kier molecular flexibility index (Phi) is 12.9. The summed E-state index contributed by atoms with van der Waals surface area (Å²) >= 11 is 0. The van der Waals surface area contributed by atoms with Gasteiger partial charge in [-0.25, -0.2) is 9.97 Å². The van der Waals surface area contributed by atoms with Crippen LogP contribution in [0, 0.1) is 0 Å². The molecular formula is C57H74N4O16. The Labute approximate surface area is 447 Å². The number of aromatic amines is 2. The first-order valence-electron chi connectivity index (χ1n) is 26.9. The molecule has 12 rings (SSSR count). The monoisotopic (exact) mass is 1070 g/mol. The SMILES string of the molecule is CC1(C)O[C@H]([C@H](O)CO)[C@@H](c2c3ccc([nH]3)c([C@H]3OC(C)(C)O[C@@H]3[C@H]3COC(C)(C)O3)c3nc(c([C@H]4OC(C)(C)O[C@@H]4[C@H]4COC(C)(C)O4)c4nc(c([C@H]5OC(C)(C)O[C@@H]5[C@H]5COC(C)(C)O5)c5ccc2[nH]5)C=C4)C=C3)O1. The van der Waals surface area contributed by atoms with Crippen molar-refractivity contribution in [2.45, 2.75) is 211 Å². The van der Waals surface area contributed by atoms with E-state index in [0.717, 1.165) is 0 Å². The zero-order chi connectivity index (χ0) is 54.6. The largest absolute Gasteiger partial charge is 0.394 e. The van der Waals surface area contributed by atoms with E-state index in [-0.39, 0.29) is 19.8 Å². The average Bonchev–Trinajstić information content (AvgIpc) is 4.22. The van der Waals surface area contributed by atoms with Crippen LogP contribution in [0.25, 0.3) is 46.4 Å². The summed E-state index contributed by atoms with van der Waals surface area (Å²) in [5.74, 6) is -6.88. The Bertz CT molecular complexity index is 2890. The molecule has 0 spiro atoms. The third kappa shape index (κ3) is 10.1. The summed E-state index contributed by atoms with van der Waals surface area (Å²) in [6, 6.07) is 7.86. The Morgan fingerprint density at radius 1 is 0.416 bits per heavy atom. The zero-order valence-corrected chi connectivity index (χ0v) is 46.4. The third-order valence-electron chi connectivity index (χ3n) is 15.3. The molecule has 20 nitrogen and oxygen atoms in total. The Balaban J connectivity index is 1.17. The van der Waals surface area contributed by atoms with Gasteiger partial charge in [0.25, 0.3) is 0 Å². The van der Waals surface area contributed by atoms with Gasteiger partial charge >= 0.3 is 0 Å². The van der Waals surface area contributed by atoms with Crippen molar-refractivity contribution in [1.29, 1.82) is 0 Å². The molecule has 9 aliphatic heterocycles. The number of fused-ring (bicyclic) bond motifs is 8. The molecule has 0 radical (unpaired) electrons. The molecule has 0 unspecified atom stereocenters. The van der Waals surface area contributed by atoms with Gasteiger partial charge in [0, 0.05) is 44.3 Å². The molecule has 7 saturated heterocycles. The molecule has 9 aliphatic rings. The van der Waals surface area contributed by atoms with Gasteiger partial charge in [-0.05, 0) is 146 Å². The van der Waals surface area contributed by atoms with Crippen molar-refractivity contribution in [3.8, 4) is 0 Å². The fraction of sp³-hybridized carbons (Fsp3) is 0.649. The molecule has 4 N–H and O–H groups in total. The summed E-state index contributed by atoms with van der Waals surface area (Å²) in [7, 11) is 0. The number of aromatic nitrogens is 4. The predicted molar refractivity (Wildman–Crippen MR) is 278 cm³/mol. The number of aliphatic hydroxyl groups excluding tert-OH is 2. The lowest BCUT2D eigenvalue weighted by Crippen LogP contribution is -2.35. The Hall–Kier alpha value is -4.04. The highest BCUT2D eigenvalue weighted by atomic mass is 16.8. The minimum Gasteiger partial charge on any atom is -0.394 e. The second-order valence-corrected chi connectivity index (χ2v) is 24.6. The van der Waals surface area contributed by atoms with Gasteiger partial charge in [-0.3, -0.25) is 0 Å². The highest BCUT2D eigenvalue weighted by Gasteiger charge is 2.55. The van der Waals surface area contributed by atoms with Crippen molar-refractivity contribution >= 4 is 46.4 Å². The molecular weight excluding hydrogens is 997 g/mol. The third-order valence-corrected chi connectivity index (χ3v) is 15.3. The van der Waals surface area contributed by atoms with Crippen LogP contribution in [0.3, 0.4) is 0 Å². The Morgan fingerprint density at radius 3 is 1.06 bits per heavy atom. The Morgan fingerprint density at radius 2 is 0.727 bits per heavy atom. The molecule has 7 fully saturated rings. The minimum absolute atomic E-state index is 0.268. The normalized spacial score (nSPS) is 35.4. The summed E-state index contributed by atoms with van der Waals surface area (Å²) < 4.78 is 92.4. The molecule has 3 aromatic rings. The molecule has 12 atom stereocenters. The van der Waals surface area contributed by atoms with Gasteiger partial charge in [-0.1, -0.05) is 0 Å². The van der Waals surface area contributed by atoms with Gasteiger partial charge in [-0.2, -0.15) is 0 Å². The summed E-state index contributed by atoms with van der Waals surface area (Å²) in [5, 5.41) is 21.9. The van der Waals surface area contributed by atoms with Gasteiger partial charge in [0.1, 0.15) is 73.2 Å². The van der Waals surface area contributed by atoms with Gasteiger partial charge < -0.3 is 86.5 Å². The minimum atomic E-state index is -1.31. The number of ether oxygens (including phenoxy) is 14. The molecule has 0 aromatic carbocycles. The van der Waals surface area contributed by atoms with Crippen molar-refractivity contribution in [2.24, 2.45) is 0 Å². The summed E-state index contributed by atoms with van der Waals surface area (Å²) in [4.78, 5) is 18.6. The lowest BCUT2D eigenvalue weighted by Gasteiger charge is -2.25. The number of nitrogens with zero attached hydrogens (tertiary/aromatic N) is 2. The summed E-state index contributed by atoms with van der Waals surface area (Å²) in [6.07, 6.45) is -1.10. The van der Waals surface area contributed by atoms with E-state index in [1.165, 1.54) is 0 Å². The van der Waals surface area contributed by atoms with Gasteiger partial charge in [0.05, 0.1) is 49.2 Å². The van der Waals surface area contributed by atoms with Crippen LogP contribution < -0.4 is 0 Å². The fourth-order valence-corrected chi connectivity index (χ4v) is 12.4. The maximum absolute atomic E-state index is 11.5. The van der Waals surface area contributed by atoms with E-state index in [1.54, 1.807) is 13.8 Å². The molecule has 0 aliphatic carbocycles. The van der Waals surface area contributed by atoms with Crippen molar-refractivity contribution in [2.75, 3.05) is 26.4 Å². The highest BCUT2D eigenvalue weighted by molar-refractivity contribution is 5.84. The van der Waals surface area contributed by atoms with E-state index < -0.39 is 120 Å². The van der Waals surface area contributed by atoms with Crippen LogP contribution in [-0.2, 0) is 66.3 Å². The predicted octanol–water partition coefficient (Wildman–Crippen LogP) is 8.23. The van der Waals surface area contributed by atoms with Crippen LogP contribution in [0.2, 0.25) is 0 Å². The zero-order valence-electron chi connectivity index (χ0n) is 46.4. The number of rotatable bonds is 9. The maximum Gasteiger partial charge on any atom is 0.164 e. The van der Waals surface area contributed by atoms with E-state index in [4.69, 9.17) is 76.3 Å². The van der Waals surface area contributed by atoms with Crippen molar-refractivity contribution in [3.63, 3.8) is 0 Å². The van der Waals surface area contributed by atoms with E-state index in [9.17, 15) is 10.2 Å². The first-order chi connectivity index (χ1) is 36.1. The number of H-pyrrole nitrogens is 2. The van der Waals surface area contributed by atoms with E-state index in [1.807, 2.05) is 132 Å². The number of nitrogens with one attached hydrogen (secondary N) is 2. The quantitative estimate of drug-likeness (QED) is 0.109. The van der Waals surface area contributed by atoms with E-state index in [0.29, 0.717) is 67.1 Å². The number of hydrogen-bond acceptors (Lipinski definition) is 18. The smallest absolute Gasteiger partial charge is 0.164 e. The maximum atomic E-state index is 11.5. The van der Waals surface area contributed by atoms with Crippen LogP contribution in [0.15, 0.2) is 24.3 Å². The second kappa shape index (κ2) is 18.5. The topological polar surface area (TPSA) is 227 Å². The first kappa shape index (κ1) is 53.6. The van der Waals surface area contributed by atoms with Gasteiger partial charge in [0.15, 0.2) is 40.5 Å². The molecule has 77 heavy (non-hydrogen) atoms. The second-order valence-electron chi connectivity index (χ2n) is 24.6. The first-order valence-corrected chi connectivity index (χ1v) is 26.9. The van der Waals surface area contributed by atoms with Crippen molar-refractivity contribution in [3.05, 3.63) is 69.3 Å².